The predicted molar refractivity (Wildman–Crippen MR) is 94.4 cm³/mol. The fourth-order valence-electron chi connectivity index (χ4n) is 2.10. The number of hydrogen-bond acceptors (Lipinski definition) is 4. The van der Waals surface area contributed by atoms with Crippen LogP contribution in [0.25, 0.3) is 0 Å². The molecule has 0 aromatic carbocycles. The Labute approximate surface area is 141 Å². The van der Waals surface area contributed by atoms with Crippen LogP contribution in [0, 0.1) is 0 Å². The topological polar surface area (TPSA) is 46.5 Å². The molecule has 0 saturated heterocycles. The number of rotatable bonds is 7. The molecule has 1 unspecified atom stereocenters. The van der Waals surface area contributed by atoms with Crippen LogP contribution >= 0.6 is 27.3 Å². The third-order valence-electron chi connectivity index (χ3n) is 4.18. The highest BCUT2D eigenvalue weighted by Gasteiger charge is 2.40. The van der Waals surface area contributed by atoms with Crippen LogP contribution in [0.3, 0.4) is 0 Å². The van der Waals surface area contributed by atoms with Crippen molar-refractivity contribution < 1.29 is 14.3 Å². The number of halogens is 1. The van der Waals surface area contributed by atoms with Crippen LogP contribution < -0.4 is 0 Å². The Balaban J connectivity index is 2.84. The molecular weight excluding hydrogens is 368 g/mol. The van der Waals surface area contributed by atoms with E-state index in [-0.39, 0.29) is 11.0 Å². The molecule has 0 saturated carbocycles. The van der Waals surface area contributed by atoms with Gasteiger partial charge in [-0.2, -0.15) is 0 Å². The molecule has 0 spiro atoms. The average Bonchev–Trinajstić information content (AvgIpc) is 2.72. The number of thiophene rings is 1. The number of carbonyl (C=O) groups is 1. The molecule has 1 aromatic heterocycles. The van der Waals surface area contributed by atoms with Gasteiger partial charge >= 0.3 is 5.97 Å². The van der Waals surface area contributed by atoms with Gasteiger partial charge < -0.3 is 9.53 Å². The Morgan fingerprint density at radius 3 is 2.52 bits per heavy atom. The first-order chi connectivity index (χ1) is 9.53. The van der Waals surface area contributed by atoms with Crippen LogP contribution in [0.5, 0.6) is 0 Å². The van der Waals surface area contributed by atoms with Gasteiger partial charge in [0.25, 0.3) is 0 Å². The first kappa shape index (κ1) is 18.9. The Morgan fingerprint density at radius 2 is 2.10 bits per heavy atom. The highest BCUT2D eigenvalue weighted by Crippen LogP contribution is 2.46. The molecule has 0 aliphatic carbocycles. The molecule has 1 heterocycles. The van der Waals surface area contributed by atoms with Gasteiger partial charge in [0.1, 0.15) is 0 Å². The SMILES string of the molecule is CC(=O)OCCC(CC(C)(C)[Si](C)(C)O)c1ccc(Br)s1. The normalized spacial score (nSPS) is 14.0. The summed E-state index contributed by atoms with van der Waals surface area (Å²) in [6.45, 7) is 10.1. The number of carbonyl (C=O) groups excluding carboxylic acids is 1. The van der Waals surface area contributed by atoms with Crippen molar-refractivity contribution in [3.8, 4) is 0 Å². The van der Waals surface area contributed by atoms with E-state index >= 15 is 0 Å². The fourth-order valence-corrected chi connectivity index (χ4v) is 4.41. The Bertz CT molecular complexity index is 480. The molecule has 0 radical (unpaired) electrons. The summed E-state index contributed by atoms with van der Waals surface area (Å²) >= 11 is 5.22. The smallest absolute Gasteiger partial charge is 0.302 e. The lowest BCUT2D eigenvalue weighted by atomic mass is 9.92. The first-order valence-electron chi connectivity index (χ1n) is 7.14. The van der Waals surface area contributed by atoms with E-state index in [9.17, 15) is 9.59 Å². The van der Waals surface area contributed by atoms with E-state index in [2.05, 4.69) is 35.8 Å². The summed E-state index contributed by atoms with van der Waals surface area (Å²) in [5.74, 6) is 0.0619. The molecule has 120 valence electrons. The molecule has 0 amide bonds. The van der Waals surface area contributed by atoms with Gasteiger partial charge in [-0.15, -0.1) is 11.3 Å². The van der Waals surface area contributed by atoms with Gasteiger partial charge in [0.05, 0.1) is 10.4 Å². The summed E-state index contributed by atoms with van der Waals surface area (Å²) in [6, 6.07) is 4.17. The predicted octanol–water partition coefficient (Wildman–Crippen LogP) is 4.92. The summed E-state index contributed by atoms with van der Waals surface area (Å²) < 4.78 is 6.21. The zero-order valence-corrected chi connectivity index (χ0v) is 16.8. The second kappa shape index (κ2) is 7.40. The van der Waals surface area contributed by atoms with Gasteiger partial charge in [0, 0.05) is 11.8 Å². The van der Waals surface area contributed by atoms with E-state index in [1.54, 1.807) is 11.3 Å². The van der Waals surface area contributed by atoms with E-state index in [0.29, 0.717) is 12.5 Å². The van der Waals surface area contributed by atoms with Gasteiger partial charge in [-0.3, -0.25) is 4.79 Å². The molecule has 0 fully saturated rings. The van der Waals surface area contributed by atoms with Crippen molar-refractivity contribution in [2.75, 3.05) is 6.61 Å². The minimum absolute atomic E-state index is 0.0929. The Hall–Kier alpha value is -0.173. The minimum Gasteiger partial charge on any atom is -0.466 e. The maximum absolute atomic E-state index is 11.0. The second-order valence-corrected chi connectivity index (χ2v) is 13.6. The summed E-state index contributed by atoms with van der Waals surface area (Å²) in [6.07, 6.45) is 1.69. The minimum atomic E-state index is -2.25. The monoisotopic (exact) mass is 392 g/mol. The second-order valence-electron chi connectivity index (χ2n) is 6.61. The largest absolute Gasteiger partial charge is 0.466 e. The van der Waals surface area contributed by atoms with Crippen LogP contribution in [0.2, 0.25) is 18.1 Å². The zero-order chi connectivity index (χ0) is 16.3. The molecule has 1 atom stereocenters. The van der Waals surface area contributed by atoms with Gasteiger partial charge in [-0.1, -0.05) is 13.8 Å². The molecule has 1 aromatic rings. The van der Waals surface area contributed by atoms with E-state index in [1.165, 1.54) is 11.8 Å². The summed E-state index contributed by atoms with van der Waals surface area (Å²) in [4.78, 5) is 22.7. The maximum Gasteiger partial charge on any atom is 0.302 e. The van der Waals surface area contributed by atoms with Crippen LogP contribution in [0.1, 0.15) is 44.4 Å². The van der Waals surface area contributed by atoms with Crippen molar-refractivity contribution >= 4 is 41.6 Å². The third kappa shape index (κ3) is 5.85. The summed E-state index contributed by atoms with van der Waals surface area (Å²) in [7, 11) is -2.25. The number of ether oxygens (including phenoxy) is 1. The highest BCUT2D eigenvalue weighted by molar-refractivity contribution is 9.11. The average molecular weight is 393 g/mol. The van der Waals surface area contributed by atoms with Crippen molar-refractivity contribution in [1.29, 1.82) is 0 Å². The molecule has 1 rings (SSSR count). The van der Waals surface area contributed by atoms with Crippen LogP contribution in [-0.2, 0) is 9.53 Å². The molecular formula is C15H25BrO3SSi. The van der Waals surface area contributed by atoms with Crippen molar-refractivity contribution in [2.45, 2.75) is 57.7 Å². The van der Waals surface area contributed by atoms with E-state index < -0.39 is 8.32 Å². The van der Waals surface area contributed by atoms with E-state index in [1.807, 2.05) is 19.2 Å². The summed E-state index contributed by atoms with van der Waals surface area (Å²) in [5.41, 5.74) is 0. The van der Waals surface area contributed by atoms with Crippen molar-refractivity contribution in [3.63, 3.8) is 0 Å². The van der Waals surface area contributed by atoms with Crippen molar-refractivity contribution in [3.05, 3.63) is 20.8 Å². The lowest BCUT2D eigenvalue weighted by molar-refractivity contribution is -0.141. The first-order valence-corrected chi connectivity index (χ1v) is 11.7. The van der Waals surface area contributed by atoms with Gasteiger partial charge in [-0.05, 0) is 65.0 Å². The molecule has 6 heteroatoms. The highest BCUT2D eigenvalue weighted by atomic mass is 79.9. The maximum atomic E-state index is 11.0. The lowest BCUT2D eigenvalue weighted by Crippen LogP contribution is -2.40. The lowest BCUT2D eigenvalue weighted by Gasteiger charge is -2.37. The van der Waals surface area contributed by atoms with Gasteiger partial charge in [0.2, 0.25) is 0 Å². The van der Waals surface area contributed by atoms with Crippen molar-refractivity contribution in [2.24, 2.45) is 0 Å². The molecule has 0 aliphatic rings. The molecule has 1 N–H and O–H groups in total. The van der Waals surface area contributed by atoms with Gasteiger partial charge in [-0.25, -0.2) is 0 Å². The molecule has 0 bridgehead atoms. The third-order valence-corrected chi connectivity index (χ3v) is 9.48. The molecule has 3 nitrogen and oxygen atoms in total. The quantitative estimate of drug-likeness (QED) is 0.529. The fraction of sp³-hybridized carbons (Fsp3) is 0.667. The van der Waals surface area contributed by atoms with E-state index in [4.69, 9.17) is 4.74 Å². The number of hydrogen-bond donors (Lipinski definition) is 1. The summed E-state index contributed by atoms with van der Waals surface area (Å²) in [5, 5.41) is -0.0929. The molecule has 21 heavy (non-hydrogen) atoms. The van der Waals surface area contributed by atoms with E-state index in [0.717, 1.165) is 16.6 Å². The van der Waals surface area contributed by atoms with Crippen LogP contribution in [0.15, 0.2) is 15.9 Å². The molecule has 0 aliphatic heterocycles. The van der Waals surface area contributed by atoms with Gasteiger partial charge in [0.15, 0.2) is 8.32 Å². The Morgan fingerprint density at radius 1 is 1.48 bits per heavy atom. The number of esters is 1. The standard InChI is InChI=1S/C15H25BrO3SSi/c1-11(17)19-9-8-12(13-6-7-14(16)20-13)10-15(2,3)21(4,5)18/h6-7,12,18H,8-10H2,1-5H3. The van der Waals surface area contributed by atoms with Crippen molar-refractivity contribution in [1.82, 2.24) is 0 Å². The zero-order valence-electron chi connectivity index (χ0n) is 13.4. The Kier molecular flexibility index (Phi) is 6.65. The van der Waals surface area contributed by atoms with Crippen LogP contribution in [0.4, 0.5) is 0 Å². The van der Waals surface area contributed by atoms with Crippen LogP contribution in [-0.4, -0.2) is 25.7 Å².